The second kappa shape index (κ2) is 24.6. The van der Waals surface area contributed by atoms with Gasteiger partial charge in [0.05, 0.1) is 0 Å². The first-order valence-corrected chi connectivity index (χ1v) is 14.2. The van der Waals surface area contributed by atoms with Crippen LogP contribution < -0.4 is 5.32 Å². The van der Waals surface area contributed by atoms with Gasteiger partial charge in [0.25, 0.3) is 0 Å². The quantitative estimate of drug-likeness (QED) is 0.0869. The zero-order chi connectivity index (χ0) is 25.2. The van der Waals surface area contributed by atoms with Gasteiger partial charge in [0.1, 0.15) is 0 Å². The molecule has 0 fully saturated rings. The minimum Gasteiger partial charge on any atom is -0.349 e. The molecule has 3 N–H and O–H groups in total. The van der Waals surface area contributed by atoms with Gasteiger partial charge in [-0.25, -0.2) is 0 Å². The molecule has 0 saturated carbocycles. The zero-order valence-electron chi connectivity index (χ0n) is 22.4. The molecule has 0 atom stereocenters. The predicted octanol–water partition coefficient (Wildman–Crippen LogP) is 7.37. The van der Waals surface area contributed by atoms with E-state index in [1.54, 1.807) is 0 Å². The molecule has 0 unspecified atom stereocenters. The summed E-state index contributed by atoms with van der Waals surface area (Å²) in [6, 6.07) is 0. The Kier molecular flexibility index (Phi) is 23.5. The highest BCUT2D eigenvalue weighted by molar-refractivity contribution is 5.76. The largest absolute Gasteiger partial charge is 0.349 e. The van der Waals surface area contributed by atoms with Crippen molar-refractivity contribution < 1.29 is 15.0 Å². The molecule has 0 aliphatic heterocycles. The van der Waals surface area contributed by atoms with E-state index in [-0.39, 0.29) is 12.3 Å². The highest BCUT2D eigenvalue weighted by Gasteiger charge is 2.24. The first kappa shape index (κ1) is 32.5. The Morgan fingerprint density at radius 3 is 1.50 bits per heavy atom. The average molecular weight is 476 g/mol. The third-order valence-corrected chi connectivity index (χ3v) is 6.07. The molecular formula is C30H53NO3. The fraction of sp³-hybridized carbons (Fsp3) is 0.833. The van der Waals surface area contributed by atoms with Gasteiger partial charge in [0, 0.05) is 25.7 Å². The minimum atomic E-state index is -2.06. The van der Waals surface area contributed by atoms with Gasteiger partial charge in [0.15, 0.2) is 0 Å². The molecule has 0 spiro atoms. The third kappa shape index (κ3) is 25.1. The topological polar surface area (TPSA) is 69.6 Å². The van der Waals surface area contributed by atoms with Crippen LogP contribution in [0.25, 0.3) is 0 Å². The lowest BCUT2D eigenvalue weighted by Crippen LogP contribution is -2.48. The van der Waals surface area contributed by atoms with E-state index in [0.717, 1.165) is 57.8 Å². The molecule has 196 valence electrons. The molecule has 0 bridgehead atoms. The summed E-state index contributed by atoms with van der Waals surface area (Å²) in [5, 5.41) is 21.7. The lowest BCUT2D eigenvalue weighted by atomic mass is 10.1. The molecule has 1 amide bonds. The van der Waals surface area contributed by atoms with Crippen LogP contribution in [0.3, 0.4) is 0 Å². The SMILES string of the molecule is CCCCCCCCCCCCC#CC#CCCCCCCCCC(=O)NC(O)(O)CCCC. The van der Waals surface area contributed by atoms with Crippen molar-refractivity contribution in [3.63, 3.8) is 0 Å². The van der Waals surface area contributed by atoms with Crippen molar-refractivity contribution in [1.82, 2.24) is 5.32 Å². The van der Waals surface area contributed by atoms with E-state index >= 15 is 0 Å². The molecule has 0 aromatic heterocycles. The fourth-order valence-electron chi connectivity index (χ4n) is 3.89. The maximum absolute atomic E-state index is 11.8. The van der Waals surface area contributed by atoms with Crippen LogP contribution in [-0.4, -0.2) is 22.0 Å². The Morgan fingerprint density at radius 1 is 0.618 bits per heavy atom. The van der Waals surface area contributed by atoms with Crippen LogP contribution in [0.5, 0.6) is 0 Å². The second-order valence-electron chi connectivity index (χ2n) is 9.63. The predicted molar refractivity (Wildman–Crippen MR) is 144 cm³/mol. The van der Waals surface area contributed by atoms with Crippen molar-refractivity contribution in [1.29, 1.82) is 0 Å². The first-order chi connectivity index (χ1) is 16.5. The molecular weight excluding hydrogens is 422 g/mol. The Morgan fingerprint density at radius 2 is 1.03 bits per heavy atom. The summed E-state index contributed by atoms with van der Waals surface area (Å²) >= 11 is 0. The van der Waals surface area contributed by atoms with Gasteiger partial charge < -0.3 is 15.5 Å². The van der Waals surface area contributed by atoms with Crippen molar-refractivity contribution in [2.45, 2.75) is 161 Å². The average Bonchev–Trinajstić information content (AvgIpc) is 2.80. The van der Waals surface area contributed by atoms with E-state index in [4.69, 9.17) is 0 Å². The van der Waals surface area contributed by atoms with Gasteiger partial charge >= 0.3 is 0 Å². The molecule has 4 nitrogen and oxygen atoms in total. The van der Waals surface area contributed by atoms with Crippen LogP contribution in [0, 0.1) is 23.7 Å². The van der Waals surface area contributed by atoms with Crippen molar-refractivity contribution >= 4 is 5.91 Å². The molecule has 0 rings (SSSR count). The van der Waals surface area contributed by atoms with Crippen LogP contribution in [0.4, 0.5) is 0 Å². The summed E-state index contributed by atoms with van der Waals surface area (Å²) in [5.41, 5.74) is 0. The van der Waals surface area contributed by atoms with Crippen LogP contribution in [-0.2, 0) is 4.79 Å². The number of carbonyl (C=O) groups excluding carboxylic acids is 1. The van der Waals surface area contributed by atoms with Crippen LogP contribution in [0.2, 0.25) is 0 Å². The van der Waals surface area contributed by atoms with Gasteiger partial charge in [-0.15, -0.1) is 0 Å². The van der Waals surface area contributed by atoms with Crippen molar-refractivity contribution in [3.8, 4) is 23.7 Å². The highest BCUT2D eigenvalue weighted by Crippen LogP contribution is 2.12. The smallest absolute Gasteiger partial charge is 0.246 e. The summed E-state index contributed by atoms with van der Waals surface area (Å²) in [4.78, 5) is 11.8. The Labute approximate surface area is 211 Å². The van der Waals surface area contributed by atoms with E-state index in [1.165, 1.54) is 64.2 Å². The molecule has 0 aromatic carbocycles. The number of carbonyl (C=O) groups is 1. The number of rotatable bonds is 22. The van der Waals surface area contributed by atoms with Gasteiger partial charge in [-0.1, -0.05) is 116 Å². The molecule has 0 aromatic rings. The number of amides is 1. The van der Waals surface area contributed by atoms with Gasteiger partial charge in [-0.2, -0.15) is 0 Å². The molecule has 0 saturated heterocycles. The van der Waals surface area contributed by atoms with Gasteiger partial charge in [0.2, 0.25) is 11.8 Å². The van der Waals surface area contributed by atoms with E-state index in [0.29, 0.717) is 12.8 Å². The van der Waals surface area contributed by atoms with E-state index in [1.807, 2.05) is 6.92 Å². The number of aliphatic hydroxyl groups is 2. The van der Waals surface area contributed by atoms with Crippen LogP contribution in [0.15, 0.2) is 0 Å². The van der Waals surface area contributed by atoms with Crippen LogP contribution in [0.1, 0.15) is 155 Å². The second-order valence-corrected chi connectivity index (χ2v) is 9.63. The lowest BCUT2D eigenvalue weighted by Gasteiger charge is -2.22. The normalized spacial score (nSPS) is 10.8. The maximum atomic E-state index is 11.8. The number of nitrogens with one attached hydrogen (secondary N) is 1. The molecule has 0 radical (unpaired) electrons. The van der Waals surface area contributed by atoms with E-state index in [2.05, 4.69) is 35.9 Å². The highest BCUT2D eigenvalue weighted by atomic mass is 16.5. The molecule has 0 aliphatic carbocycles. The van der Waals surface area contributed by atoms with Crippen molar-refractivity contribution in [2.24, 2.45) is 0 Å². The summed E-state index contributed by atoms with van der Waals surface area (Å²) in [7, 11) is 0. The van der Waals surface area contributed by atoms with Crippen LogP contribution >= 0.6 is 0 Å². The molecule has 34 heavy (non-hydrogen) atoms. The fourth-order valence-corrected chi connectivity index (χ4v) is 3.89. The zero-order valence-corrected chi connectivity index (χ0v) is 22.4. The first-order valence-electron chi connectivity index (χ1n) is 14.2. The van der Waals surface area contributed by atoms with Crippen molar-refractivity contribution in [2.75, 3.05) is 0 Å². The lowest BCUT2D eigenvalue weighted by molar-refractivity contribution is -0.194. The number of hydrogen-bond donors (Lipinski definition) is 3. The minimum absolute atomic E-state index is 0.170. The monoisotopic (exact) mass is 475 g/mol. The Hall–Kier alpha value is -1.49. The van der Waals surface area contributed by atoms with Gasteiger partial charge in [-0.05, 0) is 37.5 Å². The maximum Gasteiger partial charge on any atom is 0.246 e. The van der Waals surface area contributed by atoms with E-state index < -0.39 is 5.91 Å². The Balaban J connectivity index is 3.43. The van der Waals surface area contributed by atoms with E-state index in [9.17, 15) is 15.0 Å². The van der Waals surface area contributed by atoms with Crippen molar-refractivity contribution in [3.05, 3.63) is 0 Å². The summed E-state index contributed by atoms with van der Waals surface area (Å²) in [6.45, 7) is 4.24. The number of unbranched alkanes of at least 4 members (excludes halogenated alkanes) is 17. The van der Waals surface area contributed by atoms with Gasteiger partial charge in [-0.3, -0.25) is 4.79 Å². The molecule has 4 heteroatoms. The standard InChI is InChI=1S/C30H53NO3/c1-3-5-7-8-9-10-11-12-13-14-15-16-17-18-19-20-21-22-23-24-25-26-27-29(32)31-30(33,34)28-6-4-2/h33-34H,3-15,20-28H2,1-2H3,(H,31,32). The summed E-state index contributed by atoms with van der Waals surface area (Å²) in [6.07, 6.45) is 23.8. The third-order valence-electron chi connectivity index (χ3n) is 6.07. The number of hydrogen-bond acceptors (Lipinski definition) is 3. The summed E-state index contributed by atoms with van der Waals surface area (Å²) in [5.74, 6) is 9.95. The Bertz CT molecular complexity index is 592. The summed E-state index contributed by atoms with van der Waals surface area (Å²) < 4.78 is 0. The molecule has 0 heterocycles. The molecule has 0 aliphatic rings.